The van der Waals surface area contributed by atoms with Crippen LogP contribution in [0.25, 0.3) is 0 Å². The fraction of sp³-hybridized carbons (Fsp3) is 0.571. The Morgan fingerprint density at radius 3 is 3.00 bits per heavy atom. The number of rotatable bonds is 4. The highest BCUT2D eigenvalue weighted by Crippen LogP contribution is 2.36. The molecule has 2 fully saturated rings. The smallest absolute Gasteiger partial charge is 0.120 e. The molecule has 1 aliphatic heterocycles. The minimum absolute atomic E-state index is 0.805. The Kier molecular flexibility index (Phi) is 3.39. The van der Waals surface area contributed by atoms with Crippen molar-refractivity contribution in [1.29, 1.82) is 0 Å². The molecule has 2 aliphatic rings. The first-order valence-electron chi connectivity index (χ1n) is 6.44. The number of ether oxygens (including phenoxy) is 1. The van der Waals surface area contributed by atoms with E-state index in [1.54, 1.807) is 0 Å². The van der Waals surface area contributed by atoms with Crippen molar-refractivity contribution in [3.63, 3.8) is 0 Å². The summed E-state index contributed by atoms with van der Waals surface area (Å²) < 4.78 is 6.86. The zero-order valence-corrected chi connectivity index (χ0v) is 11.5. The number of nitrogens with zero attached hydrogens (tertiary/aromatic N) is 1. The Morgan fingerprint density at radius 1 is 1.35 bits per heavy atom. The van der Waals surface area contributed by atoms with E-state index in [2.05, 4.69) is 20.8 Å². The summed E-state index contributed by atoms with van der Waals surface area (Å²) >= 11 is 3.46. The number of hydrogen-bond donors (Lipinski definition) is 0. The summed E-state index contributed by atoms with van der Waals surface area (Å²) in [7, 11) is 0. The van der Waals surface area contributed by atoms with E-state index in [4.69, 9.17) is 4.74 Å². The third-order valence-electron chi connectivity index (χ3n) is 3.97. The van der Waals surface area contributed by atoms with Crippen LogP contribution in [-0.2, 0) is 0 Å². The SMILES string of the molecule is Brc1cccc(OCCN2CC3CCC2C3)c1. The van der Waals surface area contributed by atoms with Crippen molar-refractivity contribution in [2.24, 2.45) is 5.92 Å². The fourth-order valence-electron chi connectivity index (χ4n) is 3.14. The second-order valence-corrected chi connectivity index (χ2v) is 6.05. The Morgan fingerprint density at radius 2 is 2.29 bits per heavy atom. The molecule has 0 amide bonds. The molecule has 0 aromatic heterocycles. The van der Waals surface area contributed by atoms with Gasteiger partial charge in [-0.1, -0.05) is 22.0 Å². The van der Waals surface area contributed by atoms with Crippen molar-refractivity contribution in [3.05, 3.63) is 28.7 Å². The molecule has 17 heavy (non-hydrogen) atoms. The van der Waals surface area contributed by atoms with Crippen LogP contribution >= 0.6 is 15.9 Å². The zero-order valence-electron chi connectivity index (χ0n) is 9.94. The largest absolute Gasteiger partial charge is 0.492 e. The van der Waals surface area contributed by atoms with Crippen molar-refractivity contribution in [2.45, 2.75) is 25.3 Å². The minimum Gasteiger partial charge on any atom is -0.492 e. The average molecular weight is 296 g/mol. The summed E-state index contributed by atoms with van der Waals surface area (Å²) in [5.41, 5.74) is 0. The summed E-state index contributed by atoms with van der Waals surface area (Å²) in [6.07, 6.45) is 4.28. The molecule has 1 aromatic carbocycles. The molecule has 1 saturated carbocycles. The van der Waals surface area contributed by atoms with E-state index in [9.17, 15) is 0 Å². The first kappa shape index (κ1) is 11.5. The maximum Gasteiger partial charge on any atom is 0.120 e. The molecule has 92 valence electrons. The van der Waals surface area contributed by atoms with Gasteiger partial charge < -0.3 is 4.74 Å². The Hall–Kier alpha value is -0.540. The molecular weight excluding hydrogens is 278 g/mol. The second-order valence-electron chi connectivity index (χ2n) is 5.13. The molecule has 3 rings (SSSR count). The lowest BCUT2D eigenvalue weighted by atomic mass is 10.1. The molecule has 0 radical (unpaired) electrons. The summed E-state index contributed by atoms with van der Waals surface area (Å²) in [5, 5.41) is 0. The van der Waals surface area contributed by atoms with Crippen LogP contribution in [0.15, 0.2) is 28.7 Å². The highest BCUT2D eigenvalue weighted by atomic mass is 79.9. The lowest BCUT2D eigenvalue weighted by Gasteiger charge is -2.26. The lowest BCUT2D eigenvalue weighted by molar-refractivity contribution is 0.172. The average Bonchev–Trinajstić information content (AvgIpc) is 2.91. The van der Waals surface area contributed by atoms with Crippen molar-refractivity contribution < 1.29 is 4.74 Å². The molecule has 1 aliphatic carbocycles. The van der Waals surface area contributed by atoms with E-state index in [1.807, 2.05) is 24.3 Å². The number of benzene rings is 1. The first-order chi connectivity index (χ1) is 8.31. The van der Waals surface area contributed by atoms with Crippen LogP contribution in [0.3, 0.4) is 0 Å². The highest BCUT2D eigenvalue weighted by molar-refractivity contribution is 9.10. The van der Waals surface area contributed by atoms with Crippen LogP contribution in [0.1, 0.15) is 19.3 Å². The van der Waals surface area contributed by atoms with Crippen LogP contribution in [0, 0.1) is 5.92 Å². The van der Waals surface area contributed by atoms with Gasteiger partial charge in [-0.3, -0.25) is 4.90 Å². The van der Waals surface area contributed by atoms with Crippen molar-refractivity contribution in [2.75, 3.05) is 19.7 Å². The first-order valence-corrected chi connectivity index (χ1v) is 7.23. The number of halogens is 1. The van der Waals surface area contributed by atoms with Gasteiger partial charge in [-0.25, -0.2) is 0 Å². The summed E-state index contributed by atoms with van der Waals surface area (Å²) in [6, 6.07) is 8.92. The number of likely N-dealkylation sites (tertiary alicyclic amines) is 1. The van der Waals surface area contributed by atoms with Crippen LogP contribution in [0.4, 0.5) is 0 Å². The molecule has 3 heteroatoms. The topological polar surface area (TPSA) is 12.5 Å². The van der Waals surface area contributed by atoms with E-state index < -0.39 is 0 Å². The highest BCUT2D eigenvalue weighted by Gasteiger charge is 2.37. The Bertz CT molecular complexity index is 396. The molecule has 2 unspecified atom stereocenters. The maximum atomic E-state index is 5.78. The second kappa shape index (κ2) is 4.99. The van der Waals surface area contributed by atoms with Crippen LogP contribution in [-0.4, -0.2) is 30.6 Å². The molecule has 1 aromatic rings. The number of piperidine rings is 1. The van der Waals surface area contributed by atoms with E-state index in [0.717, 1.165) is 35.3 Å². The van der Waals surface area contributed by atoms with Gasteiger partial charge in [0.25, 0.3) is 0 Å². The number of fused-ring (bicyclic) bond motifs is 2. The Balaban J connectivity index is 1.46. The monoisotopic (exact) mass is 295 g/mol. The third kappa shape index (κ3) is 2.66. The predicted octanol–water partition coefficient (Wildman–Crippen LogP) is 3.31. The molecule has 2 nitrogen and oxygen atoms in total. The van der Waals surface area contributed by atoms with Crippen LogP contribution in [0.2, 0.25) is 0 Å². The van der Waals surface area contributed by atoms with Gasteiger partial charge in [-0.2, -0.15) is 0 Å². The quantitative estimate of drug-likeness (QED) is 0.845. The van der Waals surface area contributed by atoms with Gasteiger partial charge in [0, 0.05) is 23.6 Å². The van der Waals surface area contributed by atoms with Crippen molar-refractivity contribution in [3.8, 4) is 5.75 Å². The number of hydrogen-bond acceptors (Lipinski definition) is 2. The van der Waals surface area contributed by atoms with E-state index in [-0.39, 0.29) is 0 Å². The van der Waals surface area contributed by atoms with Gasteiger partial charge >= 0.3 is 0 Å². The van der Waals surface area contributed by atoms with E-state index >= 15 is 0 Å². The Labute approximate surface area is 111 Å². The molecule has 2 bridgehead atoms. The minimum atomic E-state index is 0.805. The fourth-order valence-corrected chi connectivity index (χ4v) is 3.52. The molecular formula is C14H18BrNO. The van der Waals surface area contributed by atoms with Gasteiger partial charge in [-0.05, 0) is 43.4 Å². The van der Waals surface area contributed by atoms with Gasteiger partial charge in [0.15, 0.2) is 0 Å². The van der Waals surface area contributed by atoms with Crippen LogP contribution < -0.4 is 4.74 Å². The third-order valence-corrected chi connectivity index (χ3v) is 4.46. The predicted molar refractivity (Wildman–Crippen MR) is 72.3 cm³/mol. The van der Waals surface area contributed by atoms with E-state index in [1.165, 1.54) is 25.8 Å². The standard InChI is InChI=1S/C14H18BrNO/c15-12-2-1-3-14(9-12)17-7-6-16-10-11-4-5-13(16)8-11/h1-3,9,11,13H,4-8,10H2. The normalized spacial score (nSPS) is 27.6. The van der Waals surface area contributed by atoms with Gasteiger partial charge in [0.05, 0.1) is 0 Å². The zero-order chi connectivity index (χ0) is 11.7. The lowest BCUT2D eigenvalue weighted by Crippen LogP contribution is -2.35. The molecule has 0 N–H and O–H groups in total. The van der Waals surface area contributed by atoms with E-state index in [0.29, 0.717) is 0 Å². The summed E-state index contributed by atoms with van der Waals surface area (Å²) in [5.74, 6) is 1.94. The summed E-state index contributed by atoms with van der Waals surface area (Å²) in [4.78, 5) is 2.60. The van der Waals surface area contributed by atoms with Gasteiger partial charge in [0.2, 0.25) is 0 Å². The molecule has 1 saturated heterocycles. The molecule has 2 atom stereocenters. The maximum absolute atomic E-state index is 5.78. The van der Waals surface area contributed by atoms with Crippen molar-refractivity contribution in [1.82, 2.24) is 4.90 Å². The van der Waals surface area contributed by atoms with Crippen LogP contribution in [0.5, 0.6) is 5.75 Å². The molecule has 1 heterocycles. The van der Waals surface area contributed by atoms with Gasteiger partial charge in [0.1, 0.15) is 12.4 Å². The summed E-state index contributed by atoms with van der Waals surface area (Å²) in [6.45, 7) is 3.18. The molecule has 0 spiro atoms. The van der Waals surface area contributed by atoms with Crippen molar-refractivity contribution >= 4 is 15.9 Å². The van der Waals surface area contributed by atoms with Gasteiger partial charge in [-0.15, -0.1) is 0 Å².